The van der Waals surface area contributed by atoms with Gasteiger partial charge in [-0.05, 0) is 26.0 Å². The first-order chi connectivity index (χ1) is 9.00. The molecule has 0 unspecified atom stereocenters. The lowest BCUT2D eigenvalue weighted by Crippen LogP contribution is -2.16. The molecule has 98 valence electrons. The molecule has 0 radical (unpaired) electrons. The second-order valence-corrected chi connectivity index (χ2v) is 4.03. The highest BCUT2D eigenvalue weighted by molar-refractivity contribution is 6.10. The number of hydrogen-bond donors (Lipinski definition) is 2. The Balaban J connectivity index is 2.31. The Morgan fingerprint density at radius 2 is 1.84 bits per heavy atom. The van der Waals surface area contributed by atoms with Crippen LogP contribution in [0.4, 0.5) is 5.88 Å². The molecule has 6 nitrogen and oxygen atoms in total. The average molecular weight is 260 g/mol. The summed E-state index contributed by atoms with van der Waals surface area (Å²) in [6, 6.07) is 5.97. The molecular formula is C13H12N2O4. The lowest BCUT2D eigenvalue weighted by atomic mass is 10.1. The van der Waals surface area contributed by atoms with E-state index in [0.29, 0.717) is 11.3 Å². The Morgan fingerprint density at radius 1 is 1.21 bits per heavy atom. The summed E-state index contributed by atoms with van der Waals surface area (Å²) in [6.07, 6.45) is 0. The van der Waals surface area contributed by atoms with E-state index in [1.165, 1.54) is 12.1 Å². The van der Waals surface area contributed by atoms with Gasteiger partial charge in [0.05, 0.1) is 16.8 Å². The molecule has 0 aliphatic heterocycles. The lowest BCUT2D eigenvalue weighted by Gasteiger charge is -2.05. The molecular weight excluding hydrogens is 248 g/mol. The van der Waals surface area contributed by atoms with Gasteiger partial charge in [0.15, 0.2) is 0 Å². The predicted octanol–water partition coefficient (Wildman–Crippen LogP) is 2.24. The van der Waals surface area contributed by atoms with E-state index in [4.69, 9.17) is 9.63 Å². The summed E-state index contributed by atoms with van der Waals surface area (Å²) in [6.45, 7) is 3.50. The van der Waals surface area contributed by atoms with Crippen LogP contribution in [0.5, 0.6) is 0 Å². The van der Waals surface area contributed by atoms with Crippen molar-refractivity contribution < 1.29 is 19.2 Å². The molecule has 0 aliphatic carbocycles. The SMILES string of the molecule is Cc1noc(NC(=O)c2ccccc2C(=O)O)c1C. The molecule has 0 atom stereocenters. The molecule has 1 heterocycles. The number of carboxylic acids is 1. The number of hydrogen-bond acceptors (Lipinski definition) is 4. The zero-order valence-corrected chi connectivity index (χ0v) is 10.4. The predicted molar refractivity (Wildman–Crippen MR) is 67.3 cm³/mol. The number of carbonyl (C=O) groups is 2. The third-order valence-electron chi connectivity index (χ3n) is 2.79. The number of amides is 1. The zero-order chi connectivity index (χ0) is 14.0. The first-order valence-corrected chi connectivity index (χ1v) is 5.57. The van der Waals surface area contributed by atoms with Crippen molar-refractivity contribution in [3.05, 3.63) is 46.6 Å². The number of aromatic carboxylic acids is 1. The fourth-order valence-corrected chi connectivity index (χ4v) is 1.57. The topological polar surface area (TPSA) is 92.4 Å². The Bertz CT molecular complexity index is 646. The number of benzene rings is 1. The van der Waals surface area contributed by atoms with Gasteiger partial charge in [-0.25, -0.2) is 4.79 Å². The van der Waals surface area contributed by atoms with E-state index >= 15 is 0 Å². The molecule has 2 N–H and O–H groups in total. The van der Waals surface area contributed by atoms with E-state index in [1.807, 2.05) is 0 Å². The second kappa shape index (κ2) is 4.93. The normalized spacial score (nSPS) is 10.2. The van der Waals surface area contributed by atoms with Crippen LogP contribution in [-0.4, -0.2) is 22.1 Å². The number of carboxylic acid groups (broad SMARTS) is 1. The van der Waals surface area contributed by atoms with Crippen molar-refractivity contribution in [1.29, 1.82) is 0 Å². The third-order valence-corrected chi connectivity index (χ3v) is 2.79. The molecule has 1 amide bonds. The standard InChI is InChI=1S/C13H12N2O4/c1-7-8(2)15-19-12(7)14-11(16)9-5-3-4-6-10(9)13(17)18/h3-6H,1-2H3,(H,14,16)(H,17,18). The minimum absolute atomic E-state index is 0.0612. The van der Waals surface area contributed by atoms with Crippen molar-refractivity contribution in [3.63, 3.8) is 0 Å². The van der Waals surface area contributed by atoms with Gasteiger partial charge >= 0.3 is 5.97 Å². The largest absolute Gasteiger partial charge is 0.478 e. The maximum atomic E-state index is 12.0. The van der Waals surface area contributed by atoms with E-state index in [1.54, 1.807) is 26.0 Å². The number of nitrogens with one attached hydrogen (secondary N) is 1. The average Bonchev–Trinajstić information content (AvgIpc) is 2.70. The van der Waals surface area contributed by atoms with Crippen molar-refractivity contribution in [2.24, 2.45) is 0 Å². The zero-order valence-electron chi connectivity index (χ0n) is 10.4. The van der Waals surface area contributed by atoms with Crippen LogP contribution in [-0.2, 0) is 0 Å². The summed E-state index contributed by atoms with van der Waals surface area (Å²) in [5.41, 5.74) is 1.39. The van der Waals surface area contributed by atoms with Crippen molar-refractivity contribution in [3.8, 4) is 0 Å². The van der Waals surface area contributed by atoms with Crippen LogP contribution < -0.4 is 5.32 Å². The molecule has 0 saturated carbocycles. The smallest absolute Gasteiger partial charge is 0.336 e. The molecule has 1 aromatic heterocycles. The van der Waals surface area contributed by atoms with Crippen LogP contribution >= 0.6 is 0 Å². The number of nitrogens with zero attached hydrogens (tertiary/aromatic N) is 1. The van der Waals surface area contributed by atoms with Crippen LogP contribution in [0.2, 0.25) is 0 Å². The van der Waals surface area contributed by atoms with Gasteiger partial charge in [0.2, 0.25) is 5.88 Å². The van der Waals surface area contributed by atoms with E-state index in [2.05, 4.69) is 10.5 Å². The third kappa shape index (κ3) is 2.47. The molecule has 2 rings (SSSR count). The summed E-state index contributed by atoms with van der Waals surface area (Å²) in [5, 5.41) is 15.2. The number of aromatic nitrogens is 1. The van der Waals surface area contributed by atoms with Gasteiger partial charge in [-0.2, -0.15) is 0 Å². The van der Waals surface area contributed by atoms with Gasteiger partial charge < -0.3 is 9.63 Å². The van der Waals surface area contributed by atoms with Gasteiger partial charge in [0, 0.05) is 5.56 Å². The van der Waals surface area contributed by atoms with E-state index < -0.39 is 11.9 Å². The van der Waals surface area contributed by atoms with Gasteiger partial charge in [0.1, 0.15) is 0 Å². The molecule has 0 fully saturated rings. The minimum Gasteiger partial charge on any atom is -0.478 e. The quantitative estimate of drug-likeness (QED) is 0.882. The number of rotatable bonds is 3. The first kappa shape index (κ1) is 12.8. The maximum Gasteiger partial charge on any atom is 0.336 e. The van der Waals surface area contributed by atoms with Crippen molar-refractivity contribution >= 4 is 17.8 Å². The van der Waals surface area contributed by atoms with E-state index in [0.717, 1.165) is 0 Å². The summed E-state index contributed by atoms with van der Waals surface area (Å²) in [4.78, 5) is 23.1. The van der Waals surface area contributed by atoms with Gasteiger partial charge in [0.25, 0.3) is 5.91 Å². The van der Waals surface area contributed by atoms with Crippen LogP contribution in [0.3, 0.4) is 0 Å². The Labute approximate surface area is 109 Å². The Morgan fingerprint density at radius 3 is 2.37 bits per heavy atom. The molecule has 0 aliphatic rings. The fraction of sp³-hybridized carbons (Fsp3) is 0.154. The Hall–Kier alpha value is -2.63. The van der Waals surface area contributed by atoms with Crippen molar-refractivity contribution in [1.82, 2.24) is 5.16 Å². The number of carbonyl (C=O) groups excluding carboxylic acids is 1. The van der Waals surface area contributed by atoms with Gasteiger partial charge in [-0.15, -0.1) is 0 Å². The van der Waals surface area contributed by atoms with Crippen LogP contribution in [0.25, 0.3) is 0 Å². The highest BCUT2D eigenvalue weighted by Crippen LogP contribution is 2.19. The van der Waals surface area contributed by atoms with Crippen molar-refractivity contribution in [2.45, 2.75) is 13.8 Å². The molecule has 19 heavy (non-hydrogen) atoms. The van der Waals surface area contributed by atoms with Gasteiger partial charge in [-0.1, -0.05) is 17.3 Å². The molecule has 1 aromatic carbocycles. The fourth-order valence-electron chi connectivity index (χ4n) is 1.57. The number of anilines is 1. The molecule has 0 bridgehead atoms. The van der Waals surface area contributed by atoms with Crippen LogP contribution in [0.1, 0.15) is 32.0 Å². The van der Waals surface area contributed by atoms with Gasteiger partial charge in [-0.3, -0.25) is 10.1 Å². The monoisotopic (exact) mass is 260 g/mol. The molecule has 0 spiro atoms. The van der Waals surface area contributed by atoms with Crippen LogP contribution in [0, 0.1) is 13.8 Å². The summed E-state index contributed by atoms with van der Waals surface area (Å²) >= 11 is 0. The second-order valence-electron chi connectivity index (χ2n) is 4.03. The van der Waals surface area contributed by atoms with Crippen LogP contribution in [0.15, 0.2) is 28.8 Å². The van der Waals surface area contributed by atoms with E-state index in [-0.39, 0.29) is 17.0 Å². The van der Waals surface area contributed by atoms with E-state index in [9.17, 15) is 9.59 Å². The van der Waals surface area contributed by atoms with Crippen molar-refractivity contribution in [2.75, 3.05) is 5.32 Å². The first-order valence-electron chi connectivity index (χ1n) is 5.57. The lowest BCUT2D eigenvalue weighted by molar-refractivity contribution is 0.0692. The molecule has 2 aromatic rings. The summed E-state index contributed by atoms with van der Waals surface area (Å²) in [7, 11) is 0. The minimum atomic E-state index is -1.16. The Kier molecular flexibility index (Phi) is 3.33. The highest BCUT2D eigenvalue weighted by Gasteiger charge is 2.18. The number of aryl methyl sites for hydroxylation is 1. The summed E-state index contributed by atoms with van der Waals surface area (Å²) in [5.74, 6) is -1.48. The maximum absolute atomic E-state index is 12.0. The molecule has 0 saturated heterocycles. The highest BCUT2D eigenvalue weighted by atomic mass is 16.5. The summed E-state index contributed by atoms with van der Waals surface area (Å²) < 4.78 is 4.96. The molecule has 6 heteroatoms.